The third-order valence-corrected chi connectivity index (χ3v) is 4.59. The number of nitrogens with zero attached hydrogens (tertiary/aromatic N) is 1. The second-order valence-corrected chi connectivity index (χ2v) is 5.93. The summed E-state index contributed by atoms with van der Waals surface area (Å²) in [7, 11) is 2.24. The summed E-state index contributed by atoms with van der Waals surface area (Å²) in [6.45, 7) is 3.01. The van der Waals surface area contributed by atoms with Gasteiger partial charge in [0.15, 0.2) is 0 Å². The minimum absolute atomic E-state index is 0.395. The van der Waals surface area contributed by atoms with Crippen molar-refractivity contribution in [3.8, 4) is 5.75 Å². The summed E-state index contributed by atoms with van der Waals surface area (Å²) in [6.07, 6.45) is 4.66. The first-order valence-electron chi connectivity index (χ1n) is 7.34. The molecule has 3 heteroatoms. The van der Waals surface area contributed by atoms with Gasteiger partial charge in [0.1, 0.15) is 5.75 Å². The van der Waals surface area contributed by atoms with Gasteiger partial charge in [-0.3, -0.25) is 4.90 Å². The lowest BCUT2D eigenvalue weighted by atomic mass is 9.98. The first-order valence-corrected chi connectivity index (χ1v) is 7.34. The van der Waals surface area contributed by atoms with Crippen molar-refractivity contribution in [2.45, 2.75) is 31.7 Å². The molecule has 1 aromatic rings. The van der Waals surface area contributed by atoms with Gasteiger partial charge < -0.3 is 9.84 Å². The molecule has 1 N–H and O–H groups in total. The van der Waals surface area contributed by atoms with Crippen LogP contribution in [0.15, 0.2) is 18.2 Å². The minimum Gasteiger partial charge on any atom is -0.508 e. The zero-order valence-electron chi connectivity index (χ0n) is 11.6. The van der Waals surface area contributed by atoms with E-state index in [1.807, 2.05) is 12.1 Å². The van der Waals surface area contributed by atoms with E-state index in [0.717, 1.165) is 32.1 Å². The smallest absolute Gasteiger partial charge is 0.115 e. The number of phenolic OH excluding ortho intramolecular Hbond substituents is 1. The zero-order valence-corrected chi connectivity index (χ0v) is 11.6. The predicted molar refractivity (Wildman–Crippen MR) is 75.3 cm³/mol. The van der Waals surface area contributed by atoms with E-state index in [2.05, 4.69) is 18.0 Å². The highest BCUT2D eigenvalue weighted by molar-refractivity contribution is 5.40. The number of fused-ring (bicyclic) bond motifs is 1. The molecule has 3 nitrogen and oxygen atoms in total. The molecule has 19 heavy (non-hydrogen) atoms. The van der Waals surface area contributed by atoms with Gasteiger partial charge in [0.2, 0.25) is 0 Å². The number of rotatable bonds is 3. The Morgan fingerprint density at radius 2 is 2.05 bits per heavy atom. The quantitative estimate of drug-likeness (QED) is 0.908. The first-order chi connectivity index (χ1) is 9.24. The van der Waals surface area contributed by atoms with E-state index in [4.69, 9.17) is 4.74 Å². The molecule has 0 bridgehead atoms. The van der Waals surface area contributed by atoms with Crippen molar-refractivity contribution in [3.05, 3.63) is 29.3 Å². The van der Waals surface area contributed by atoms with E-state index in [0.29, 0.717) is 11.8 Å². The molecule has 0 saturated carbocycles. The van der Waals surface area contributed by atoms with Gasteiger partial charge in [-0.2, -0.15) is 0 Å². The molecule has 1 heterocycles. The molecule has 1 aliphatic carbocycles. The van der Waals surface area contributed by atoms with Crippen LogP contribution in [0.5, 0.6) is 5.75 Å². The molecule has 1 unspecified atom stereocenters. The summed E-state index contributed by atoms with van der Waals surface area (Å²) in [5.74, 6) is 1.17. The van der Waals surface area contributed by atoms with E-state index in [1.54, 1.807) is 0 Å². The molecule has 104 valence electrons. The summed E-state index contributed by atoms with van der Waals surface area (Å²) >= 11 is 0. The lowest BCUT2D eigenvalue weighted by molar-refractivity contribution is 0.0503. The third kappa shape index (κ3) is 2.77. The summed E-state index contributed by atoms with van der Waals surface area (Å²) in [6, 6.07) is 6.37. The molecular formula is C16H23NO2. The Morgan fingerprint density at radius 3 is 2.84 bits per heavy atom. The molecule has 3 rings (SSSR count). The van der Waals surface area contributed by atoms with Crippen LogP contribution in [-0.2, 0) is 11.2 Å². The molecule has 0 radical (unpaired) electrons. The molecule has 2 aliphatic rings. The van der Waals surface area contributed by atoms with Crippen molar-refractivity contribution in [2.75, 3.05) is 26.8 Å². The highest BCUT2D eigenvalue weighted by Gasteiger charge is 2.27. The molecule has 1 aromatic carbocycles. The Bertz CT molecular complexity index is 440. The van der Waals surface area contributed by atoms with E-state index < -0.39 is 0 Å². The van der Waals surface area contributed by atoms with Crippen LogP contribution in [0.2, 0.25) is 0 Å². The lowest BCUT2D eigenvalue weighted by Crippen LogP contribution is -2.31. The van der Waals surface area contributed by atoms with E-state index >= 15 is 0 Å². The second-order valence-electron chi connectivity index (χ2n) is 5.93. The number of aromatic hydroxyl groups is 1. The Labute approximate surface area is 115 Å². The van der Waals surface area contributed by atoms with Crippen LogP contribution < -0.4 is 0 Å². The van der Waals surface area contributed by atoms with Crippen molar-refractivity contribution in [1.82, 2.24) is 4.90 Å². The van der Waals surface area contributed by atoms with Crippen molar-refractivity contribution in [2.24, 2.45) is 5.92 Å². The van der Waals surface area contributed by atoms with Gasteiger partial charge in [0.25, 0.3) is 0 Å². The molecule has 0 aromatic heterocycles. The Morgan fingerprint density at radius 1 is 1.26 bits per heavy atom. The SMILES string of the molecule is CN(CC1CCOCC1)C1CCc2cc(O)ccc21. The van der Waals surface area contributed by atoms with Gasteiger partial charge in [0, 0.05) is 25.8 Å². The summed E-state index contributed by atoms with van der Waals surface area (Å²) in [5.41, 5.74) is 2.73. The summed E-state index contributed by atoms with van der Waals surface area (Å²) in [4.78, 5) is 2.50. The number of hydrogen-bond acceptors (Lipinski definition) is 3. The average Bonchev–Trinajstić information content (AvgIpc) is 2.82. The molecule has 1 saturated heterocycles. The maximum absolute atomic E-state index is 9.55. The normalized spacial score (nSPS) is 23.8. The first kappa shape index (κ1) is 12.9. The van der Waals surface area contributed by atoms with Gasteiger partial charge in [-0.15, -0.1) is 0 Å². The van der Waals surface area contributed by atoms with Gasteiger partial charge in [-0.25, -0.2) is 0 Å². The van der Waals surface area contributed by atoms with Crippen LogP contribution in [-0.4, -0.2) is 36.8 Å². The highest BCUT2D eigenvalue weighted by Crippen LogP contribution is 2.37. The van der Waals surface area contributed by atoms with Crippen molar-refractivity contribution >= 4 is 0 Å². The molecule has 0 amide bonds. The van der Waals surface area contributed by atoms with E-state index in [9.17, 15) is 5.11 Å². The fourth-order valence-electron chi connectivity index (χ4n) is 3.50. The monoisotopic (exact) mass is 261 g/mol. The maximum Gasteiger partial charge on any atom is 0.115 e. The standard InChI is InChI=1S/C16H23NO2/c1-17(11-12-6-8-19-9-7-12)16-5-2-13-10-14(18)3-4-15(13)16/h3-4,10,12,16,18H,2,5-9,11H2,1H3. The number of hydrogen-bond donors (Lipinski definition) is 1. The van der Waals surface area contributed by atoms with Crippen LogP contribution in [0.3, 0.4) is 0 Å². The second kappa shape index (κ2) is 5.51. The maximum atomic E-state index is 9.55. The van der Waals surface area contributed by atoms with Crippen LogP contribution >= 0.6 is 0 Å². The van der Waals surface area contributed by atoms with Gasteiger partial charge >= 0.3 is 0 Å². The van der Waals surface area contributed by atoms with Crippen molar-refractivity contribution < 1.29 is 9.84 Å². The van der Waals surface area contributed by atoms with Crippen LogP contribution in [0.1, 0.15) is 36.4 Å². The van der Waals surface area contributed by atoms with Gasteiger partial charge in [-0.05, 0) is 61.9 Å². The molecule has 1 atom stereocenters. The molecular weight excluding hydrogens is 238 g/mol. The number of benzene rings is 1. The number of ether oxygens (including phenoxy) is 1. The van der Waals surface area contributed by atoms with Crippen LogP contribution in [0.25, 0.3) is 0 Å². The highest BCUT2D eigenvalue weighted by atomic mass is 16.5. The Kier molecular flexibility index (Phi) is 3.76. The molecule has 1 aliphatic heterocycles. The van der Waals surface area contributed by atoms with Crippen LogP contribution in [0.4, 0.5) is 0 Å². The van der Waals surface area contributed by atoms with Crippen LogP contribution in [0, 0.1) is 5.92 Å². The third-order valence-electron chi connectivity index (χ3n) is 4.59. The van der Waals surface area contributed by atoms with Crippen molar-refractivity contribution in [3.63, 3.8) is 0 Å². The summed E-state index contributed by atoms with van der Waals surface area (Å²) in [5, 5.41) is 9.55. The lowest BCUT2D eigenvalue weighted by Gasteiger charge is -2.31. The fraction of sp³-hybridized carbons (Fsp3) is 0.625. The molecule has 1 fully saturated rings. The largest absolute Gasteiger partial charge is 0.508 e. The number of aryl methyl sites for hydroxylation is 1. The Balaban J connectivity index is 1.67. The number of phenols is 1. The van der Waals surface area contributed by atoms with Crippen molar-refractivity contribution in [1.29, 1.82) is 0 Å². The fourth-order valence-corrected chi connectivity index (χ4v) is 3.50. The topological polar surface area (TPSA) is 32.7 Å². The van der Waals surface area contributed by atoms with Gasteiger partial charge in [0.05, 0.1) is 0 Å². The molecule has 0 spiro atoms. The zero-order chi connectivity index (χ0) is 13.2. The predicted octanol–water partition coefficient (Wildman–Crippen LogP) is 2.74. The minimum atomic E-state index is 0.395. The Hall–Kier alpha value is -1.06. The average molecular weight is 261 g/mol. The summed E-state index contributed by atoms with van der Waals surface area (Å²) < 4.78 is 5.43. The van der Waals surface area contributed by atoms with E-state index in [1.165, 1.54) is 30.4 Å². The van der Waals surface area contributed by atoms with Gasteiger partial charge in [-0.1, -0.05) is 6.07 Å². The van der Waals surface area contributed by atoms with E-state index in [-0.39, 0.29) is 0 Å².